The van der Waals surface area contributed by atoms with Crippen LogP contribution in [0.5, 0.6) is 5.75 Å². The van der Waals surface area contributed by atoms with E-state index in [2.05, 4.69) is 20.8 Å². The van der Waals surface area contributed by atoms with Gasteiger partial charge in [-0.05, 0) is 36.5 Å². The molecule has 1 unspecified atom stereocenters. The smallest absolute Gasteiger partial charge is 0.335 e. The van der Waals surface area contributed by atoms with Gasteiger partial charge in [-0.2, -0.15) is 0 Å². The first-order chi connectivity index (χ1) is 10.5. The lowest BCUT2D eigenvalue weighted by Crippen LogP contribution is -2.30. The van der Waals surface area contributed by atoms with Crippen LogP contribution in [0.3, 0.4) is 0 Å². The Bertz CT molecular complexity index is 442. The van der Waals surface area contributed by atoms with Gasteiger partial charge in [0.25, 0.3) is 0 Å². The monoisotopic (exact) mass is 308 g/mol. The summed E-state index contributed by atoms with van der Waals surface area (Å²) in [5.74, 6) is 0.399. The van der Waals surface area contributed by atoms with Crippen LogP contribution in [0.2, 0.25) is 0 Å². The number of esters is 1. The quantitative estimate of drug-likeness (QED) is 0.529. The largest absolute Gasteiger partial charge is 0.508 e. The SMILES string of the molecule is CCCCOC(=O)C(Cc1cccc(O)c1)OCCC(C)C. The van der Waals surface area contributed by atoms with Gasteiger partial charge in [0.1, 0.15) is 5.75 Å². The first-order valence-electron chi connectivity index (χ1n) is 8.09. The molecule has 1 N–H and O–H groups in total. The number of hydrogen-bond acceptors (Lipinski definition) is 4. The zero-order chi connectivity index (χ0) is 16.4. The topological polar surface area (TPSA) is 55.8 Å². The molecule has 0 saturated carbocycles. The Balaban J connectivity index is 2.61. The lowest BCUT2D eigenvalue weighted by Gasteiger charge is -2.18. The number of carbonyl (C=O) groups excluding carboxylic acids is 1. The molecule has 0 radical (unpaired) electrons. The van der Waals surface area contributed by atoms with Gasteiger partial charge in [0.2, 0.25) is 0 Å². The molecule has 0 aromatic heterocycles. The van der Waals surface area contributed by atoms with Crippen LogP contribution in [0.15, 0.2) is 24.3 Å². The summed E-state index contributed by atoms with van der Waals surface area (Å²) in [6.07, 6.45) is 2.54. The molecule has 124 valence electrons. The number of unbranched alkanes of at least 4 members (excludes halogenated alkanes) is 1. The molecule has 0 aliphatic carbocycles. The molecule has 0 amide bonds. The van der Waals surface area contributed by atoms with Gasteiger partial charge in [-0.25, -0.2) is 4.79 Å². The molecule has 1 aromatic carbocycles. The molecule has 0 aliphatic rings. The summed E-state index contributed by atoms with van der Waals surface area (Å²) in [4.78, 5) is 12.2. The summed E-state index contributed by atoms with van der Waals surface area (Å²) in [5.41, 5.74) is 0.863. The van der Waals surface area contributed by atoms with E-state index in [9.17, 15) is 9.90 Å². The first-order valence-corrected chi connectivity index (χ1v) is 8.09. The third-order valence-electron chi connectivity index (χ3n) is 3.35. The lowest BCUT2D eigenvalue weighted by molar-refractivity contribution is -0.157. The Labute approximate surface area is 133 Å². The highest BCUT2D eigenvalue weighted by atomic mass is 16.6. The van der Waals surface area contributed by atoms with Gasteiger partial charge >= 0.3 is 5.97 Å². The van der Waals surface area contributed by atoms with Crippen molar-refractivity contribution < 1.29 is 19.4 Å². The van der Waals surface area contributed by atoms with Gasteiger partial charge in [-0.3, -0.25) is 0 Å². The molecular weight excluding hydrogens is 280 g/mol. The minimum Gasteiger partial charge on any atom is -0.508 e. The van der Waals surface area contributed by atoms with E-state index < -0.39 is 6.10 Å². The van der Waals surface area contributed by atoms with Crippen LogP contribution in [0.1, 0.15) is 45.6 Å². The Morgan fingerprint density at radius 2 is 2.05 bits per heavy atom. The Hall–Kier alpha value is -1.55. The van der Waals surface area contributed by atoms with Gasteiger partial charge in [0.15, 0.2) is 6.10 Å². The van der Waals surface area contributed by atoms with Crippen molar-refractivity contribution in [3.05, 3.63) is 29.8 Å². The Morgan fingerprint density at radius 3 is 2.68 bits per heavy atom. The highest BCUT2D eigenvalue weighted by Gasteiger charge is 2.21. The molecule has 1 aromatic rings. The maximum atomic E-state index is 12.2. The molecule has 0 spiro atoms. The second kappa shape index (κ2) is 10.2. The predicted octanol–water partition coefficient (Wildman–Crippen LogP) is 3.71. The van der Waals surface area contributed by atoms with Crippen molar-refractivity contribution in [1.29, 1.82) is 0 Å². The Kier molecular flexibility index (Phi) is 8.60. The molecule has 0 fully saturated rings. The molecule has 0 aliphatic heterocycles. The van der Waals surface area contributed by atoms with Crippen molar-refractivity contribution in [2.24, 2.45) is 5.92 Å². The third-order valence-corrected chi connectivity index (χ3v) is 3.35. The van der Waals surface area contributed by atoms with Gasteiger partial charge < -0.3 is 14.6 Å². The fourth-order valence-corrected chi connectivity index (χ4v) is 1.96. The van der Waals surface area contributed by atoms with Crippen LogP contribution < -0.4 is 0 Å². The summed E-state index contributed by atoms with van der Waals surface area (Å²) >= 11 is 0. The van der Waals surface area contributed by atoms with E-state index in [1.165, 1.54) is 0 Å². The van der Waals surface area contributed by atoms with Crippen molar-refractivity contribution in [2.45, 2.75) is 52.6 Å². The number of phenols is 1. The maximum absolute atomic E-state index is 12.2. The van der Waals surface area contributed by atoms with E-state index in [0.29, 0.717) is 25.6 Å². The second-order valence-corrected chi connectivity index (χ2v) is 5.94. The molecule has 1 rings (SSSR count). The number of phenolic OH excluding ortho intramolecular Hbond substituents is 1. The lowest BCUT2D eigenvalue weighted by atomic mass is 10.1. The normalized spacial score (nSPS) is 12.4. The van der Waals surface area contributed by atoms with Gasteiger partial charge in [-0.1, -0.05) is 39.3 Å². The van der Waals surface area contributed by atoms with Crippen molar-refractivity contribution >= 4 is 5.97 Å². The first kappa shape index (κ1) is 18.5. The molecule has 0 bridgehead atoms. The summed E-state index contributed by atoms with van der Waals surface area (Å²) in [6.45, 7) is 7.25. The Morgan fingerprint density at radius 1 is 1.27 bits per heavy atom. The summed E-state index contributed by atoms with van der Waals surface area (Å²) < 4.78 is 11.0. The fraction of sp³-hybridized carbons (Fsp3) is 0.611. The van der Waals surface area contributed by atoms with Crippen LogP contribution in [0, 0.1) is 5.92 Å². The van der Waals surface area contributed by atoms with Crippen molar-refractivity contribution in [3.8, 4) is 5.75 Å². The minimum atomic E-state index is -0.614. The van der Waals surface area contributed by atoms with Crippen molar-refractivity contribution in [2.75, 3.05) is 13.2 Å². The zero-order valence-electron chi connectivity index (χ0n) is 13.9. The summed E-state index contributed by atoms with van der Waals surface area (Å²) in [6, 6.07) is 6.89. The van der Waals surface area contributed by atoms with E-state index in [1.54, 1.807) is 18.2 Å². The van der Waals surface area contributed by atoms with Crippen LogP contribution in [0.25, 0.3) is 0 Å². The van der Waals surface area contributed by atoms with E-state index in [4.69, 9.17) is 9.47 Å². The van der Waals surface area contributed by atoms with E-state index in [0.717, 1.165) is 24.8 Å². The average Bonchev–Trinajstić information content (AvgIpc) is 2.46. The van der Waals surface area contributed by atoms with E-state index >= 15 is 0 Å². The summed E-state index contributed by atoms with van der Waals surface area (Å²) in [5, 5.41) is 9.53. The van der Waals surface area contributed by atoms with E-state index in [1.807, 2.05) is 6.07 Å². The number of rotatable bonds is 10. The van der Waals surface area contributed by atoms with Crippen LogP contribution in [-0.4, -0.2) is 30.4 Å². The average molecular weight is 308 g/mol. The molecule has 22 heavy (non-hydrogen) atoms. The number of hydrogen-bond donors (Lipinski definition) is 1. The minimum absolute atomic E-state index is 0.192. The highest BCUT2D eigenvalue weighted by molar-refractivity contribution is 5.75. The number of benzene rings is 1. The fourth-order valence-electron chi connectivity index (χ4n) is 1.96. The molecular formula is C18H28O4. The molecule has 1 atom stereocenters. The predicted molar refractivity (Wildman–Crippen MR) is 86.9 cm³/mol. The van der Waals surface area contributed by atoms with Crippen LogP contribution in [-0.2, 0) is 20.7 Å². The van der Waals surface area contributed by atoms with Crippen LogP contribution >= 0.6 is 0 Å². The maximum Gasteiger partial charge on any atom is 0.335 e. The molecule has 4 nitrogen and oxygen atoms in total. The van der Waals surface area contributed by atoms with Gasteiger partial charge in [0, 0.05) is 13.0 Å². The van der Waals surface area contributed by atoms with Crippen LogP contribution in [0.4, 0.5) is 0 Å². The highest BCUT2D eigenvalue weighted by Crippen LogP contribution is 2.15. The molecule has 0 saturated heterocycles. The third kappa shape index (κ3) is 7.46. The zero-order valence-corrected chi connectivity index (χ0v) is 13.9. The number of aromatic hydroxyl groups is 1. The van der Waals surface area contributed by atoms with Crippen molar-refractivity contribution in [3.63, 3.8) is 0 Å². The molecule has 0 heterocycles. The second-order valence-electron chi connectivity index (χ2n) is 5.94. The van der Waals surface area contributed by atoms with Crippen molar-refractivity contribution in [1.82, 2.24) is 0 Å². The summed E-state index contributed by atoms with van der Waals surface area (Å²) in [7, 11) is 0. The number of ether oxygens (including phenoxy) is 2. The van der Waals surface area contributed by atoms with Gasteiger partial charge in [-0.15, -0.1) is 0 Å². The molecule has 4 heteroatoms. The standard InChI is InChI=1S/C18H28O4/c1-4-5-10-22-18(20)17(21-11-9-14(2)3)13-15-7-6-8-16(19)12-15/h6-8,12,14,17,19H,4-5,9-11,13H2,1-3H3. The van der Waals surface area contributed by atoms with E-state index in [-0.39, 0.29) is 11.7 Å². The number of carbonyl (C=O) groups is 1. The van der Waals surface area contributed by atoms with Gasteiger partial charge in [0.05, 0.1) is 6.61 Å².